The molecule has 0 radical (unpaired) electrons. The fraction of sp³-hybridized carbons (Fsp3) is 0.956. The maximum absolute atomic E-state index is 11.8. The predicted molar refractivity (Wildman–Crippen MR) is 216 cm³/mol. The maximum atomic E-state index is 11.8. The van der Waals surface area contributed by atoms with Crippen molar-refractivity contribution >= 4 is 11.9 Å². The van der Waals surface area contributed by atoms with Crippen molar-refractivity contribution in [2.24, 2.45) is 0 Å². The second-order valence-corrected chi connectivity index (χ2v) is 15.1. The van der Waals surface area contributed by atoms with Crippen molar-refractivity contribution in [3.05, 3.63) is 0 Å². The zero-order valence-electron chi connectivity index (χ0n) is 34.0. The number of unbranched alkanes of at least 4 members (excludes halogenated alkanes) is 34. The van der Waals surface area contributed by atoms with Gasteiger partial charge < -0.3 is 9.84 Å². The Morgan fingerprint density at radius 3 is 0.816 bits per heavy atom. The SMILES string of the molecule is CCCCCCCCCCCCCC(=O)O.CCCCCCCCCCCCCCCOC(=O)CCCCCCCCCCCCCCC. The molecular formula is C45H90O4. The number of aliphatic carboxylic acids is 1. The highest BCUT2D eigenvalue weighted by Crippen LogP contribution is 2.15. The smallest absolute Gasteiger partial charge is 0.305 e. The van der Waals surface area contributed by atoms with E-state index in [9.17, 15) is 9.59 Å². The normalized spacial score (nSPS) is 11.0. The number of rotatable bonds is 40. The van der Waals surface area contributed by atoms with Gasteiger partial charge in [0.15, 0.2) is 0 Å². The lowest BCUT2D eigenvalue weighted by Gasteiger charge is -2.06. The number of carbonyl (C=O) groups is 2. The first kappa shape index (κ1) is 50.0. The Hall–Kier alpha value is -1.06. The maximum Gasteiger partial charge on any atom is 0.305 e. The van der Waals surface area contributed by atoms with E-state index in [-0.39, 0.29) is 5.97 Å². The van der Waals surface area contributed by atoms with Gasteiger partial charge in [0.05, 0.1) is 6.61 Å². The van der Waals surface area contributed by atoms with Crippen LogP contribution in [-0.2, 0) is 14.3 Å². The van der Waals surface area contributed by atoms with Crippen LogP contribution < -0.4 is 0 Å². The largest absolute Gasteiger partial charge is 0.481 e. The van der Waals surface area contributed by atoms with E-state index in [1.54, 1.807) is 0 Å². The summed E-state index contributed by atoms with van der Waals surface area (Å²) in [5.74, 6) is -0.632. The number of esters is 1. The molecule has 0 bridgehead atoms. The molecule has 0 aromatic rings. The number of carboxylic acid groups (broad SMARTS) is 1. The van der Waals surface area contributed by atoms with Crippen LogP contribution in [0.1, 0.15) is 271 Å². The molecular weight excluding hydrogens is 604 g/mol. The van der Waals surface area contributed by atoms with Crippen LogP contribution in [0.4, 0.5) is 0 Å². The summed E-state index contributed by atoms with van der Waals surface area (Å²) < 4.78 is 5.41. The minimum Gasteiger partial charge on any atom is -0.481 e. The number of hydrogen-bond donors (Lipinski definition) is 1. The quantitative estimate of drug-likeness (QED) is 0.0512. The minimum atomic E-state index is -0.657. The van der Waals surface area contributed by atoms with E-state index in [0.717, 1.165) is 25.7 Å². The Balaban J connectivity index is 0. The molecule has 0 aromatic heterocycles. The lowest BCUT2D eigenvalue weighted by Crippen LogP contribution is -2.05. The van der Waals surface area contributed by atoms with Crippen LogP contribution in [0.15, 0.2) is 0 Å². The van der Waals surface area contributed by atoms with Gasteiger partial charge in [-0.2, -0.15) is 0 Å². The van der Waals surface area contributed by atoms with Gasteiger partial charge in [0.1, 0.15) is 0 Å². The van der Waals surface area contributed by atoms with E-state index >= 15 is 0 Å². The molecule has 0 aliphatic rings. The third kappa shape index (κ3) is 51.4. The summed E-state index contributed by atoms with van der Waals surface area (Å²) in [4.78, 5) is 22.1. The topological polar surface area (TPSA) is 63.6 Å². The van der Waals surface area contributed by atoms with Crippen molar-refractivity contribution < 1.29 is 19.4 Å². The number of carboxylic acids is 1. The van der Waals surface area contributed by atoms with Crippen molar-refractivity contribution in [3.63, 3.8) is 0 Å². The second-order valence-electron chi connectivity index (χ2n) is 15.1. The molecule has 0 aliphatic heterocycles. The van der Waals surface area contributed by atoms with Gasteiger partial charge >= 0.3 is 11.9 Å². The second kappa shape index (κ2) is 46.9. The molecule has 0 unspecified atom stereocenters. The van der Waals surface area contributed by atoms with Crippen LogP contribution in [-0.4, -0.2) is 23.7 Å². The van der Waals surface area contributed by atoms with Gasteiger partial charge in [-0.3, -0.25) is 9.59 Å². The molecule has 0 spiro atoms. The molecule has 49 heavy (non-hydrogen) atoms. The predicted octanol–water partition coefficient (Wildman–Crippen LogP) is 15.9. The van der Waals surface area contributed by atoms with E-state index in [0.29, 0.717) is 19.4 Å². The Morgan fingerprint density at radius 1 is 0.327 bits per heavy atom. The zero-order chi connectivity index (χ0) is 36.1. The Bertz CT molecular complexity index is 619. The van der Waals surface area contributed by atoms with E-state index < -0.39 is 5.97 Å². The zero-order valence-corrected chi connectivity index (χ0v) is 34.0. The summed E-state index contributed by atoms with van der Waals surface area (Å²) in [6, 6.07) is 0. The van der Waals surface area contributed by atoms with Gasteiger partial charge in [-0.1, -0.05) is 239 Å². The van der Waals surface area contributed by atoms with Gasteiger partial charge in [0.2, 0.25) is 0 Å². The molecule has 4 nitrogen and oxygen atoms in total. The number of hydrogen-bond acceptors (Lipinski definition) is 3. The summed E-state index contributed by atoms with van der Waals surface area (Å²) in [7, 11) is 0. The van der Waals surface area contributed by atoms with Gasteiger partial charge in [-0.15, -0.1) is 0 Å². The monoisotopic (exact) mass is 695 g/mol. The number of carbonyl (C=O) groups excluding carboxylic acids is 1. The molecule has 1 N–H and O–H groups in total. The van der Waals surface area contributed by atoms with Crippen molar-refractivity contribution in [1.82, 2.24) is 0 Å². The van der Waals surface area contributed by atoms with Gasteiger partial charge in [0.25, 0.3) is 0 Å². The highest BCUT2D eigenvalue weighted by molar-refractivity contribution is 5.69. The molecule has 0 saturated heterocycles. The molecule has 0 atom stereocenters. The summed E-state index contributed by atoms with van der Waals surface area (Å²) in [6.45, 7) is 7.45. The minimum absolute atomic E-state index is 0.0250. The summed E-state index contributed by atoms with van der Waals surface area (Å²) in [6.07, 6.45) is 50.1. The van der Waals surface area contributed by atoms with Crippen molar-refractivity contribution in [2.45, 2.75) is 271 Å². The fourth-order valence-electron chi connectivity index (χ4n) is 6.61. The van der Waals surface area contributed by atoms with Crippen LogP contribution in [0.2, 0.25) is 0 Å². The summed E-state index contributed by atoms with van der Waals surface area (Å²) in [5, 5.41) is 8.46. The molecule has 4 heteroatoms. The number of ether oxygens (including phenoxy) is 1. The van der Waals surface area contributed by atoms with Crippen LogP contribution >= 0.6 is 0 Å². The first-order valence-electron chi connectivity index (χ1n) is 22.5. The van der Waals surface area contributed by atoms with Crippen LogP contribution in [0.3, 0.4) is 0 Å². The van der Waals surface area contributed by atoms with Crippen LogP contribution in [0.25, 0.3) is 0 Å². The average Bonchev–Trinajstić information content (AvgIpc) is 3.09. The van der Waals surface area contributed by atoms with Crippen molar-refractivity contribution in [2.75, 3.05) is 6.61 Å². The lowest BCUT2D eigenvalue weighted by molar-refractivity contribution is -0.144. The highest BCUT2D eigenvalue weighted by atomic mass is 16.5. The Labute approximate surface area is 308 Å². The first-order chi connectivity index (χ1) is 24.1. The van der Waals surface area contributed by atoms with Gasteiger partial charge in [-0.05, 0) is 19.3 Å². The molecule has 0 fully saturated rings. The van der Waals surface area contributed by atoms with Gasteiger partial charge in [0, 0.05) is 12.8 Å². The van der Waals surface area contributed by atoms with E-state index in [2.05, 4.69) is 20.8 Å². The standard InChI is InChI=1S/C31H62O2.C14H28O2/c1-3-5-7-9-11-13-15-17-19-21-23-25-27-29-31(32)33-30-28-26-24-22-20-18-16-14-12-10-8-6-4-2;1-2-3-4-5-6-7-8-9-10-11-12-13-14(15)16/h3-30H2,1-2H3;2-13H2,1H3,(H,15,16). The van der Waals surface area contributed by atoms with E-state index in [4.69, 9.17) is 9.84 Å². The third-order valence-electron chi connectivity index (χ3n) is 9.99. The molecule has 0 aromatic carbocycles. The van der Waals surface area contributed by atoms with Crippen molar-refractivity contribution in [3.8, 4) is 0 Å². The molecule has 0 saturated carbocycles. The van der Waals surface area contributed by atoms with Crippen LogP contribution in [0.5, 0.6) is 0 Å². The molecule has 294 valence electrons. The summed E-state index contributed by atoms with van der Waals surface area (Å²) in [5.41, 5.74) is 0. The van der Waals surface area contributed by atoms with E-state index in [1.165, 1.54) is 212 Å². The lowest BCUT2D eigenvalue weighted by atomic mass is 10.0. The van der Waals surface area contributed by atoms with E-state index in [1.807, 2.05) is 0 Å². The Kier molecular flexibility index (Phi) is 47.9. The first-order valence-corrected chi connectivity index (χ1v) is 22.5. The molecule has 0 heterocycles. The summed E-state index contributed by atoms with van der Waals surface area (Å²) >= 11 is 0. The third-order valence-corrected chi connectivity index (χ3v) is 9.99. The van der Waals surface area contributed by atoms with Gasteiger partial charge in [-0.25, -0.2) is 0 Å². The van der Waals surface area contributed by atoms with Crippen molar-refractivity contribution in [1.29, 1.82) is 0 Å². The molecule has 0 rings (SSSR count). The highest BCUT2D eigenvalue weighted by Gasteiger charge is 2.03. The molecule has 0 aliphatic carbocycles. The molecule has 0 amide bonds. The average molecular weight is 695 g/mol. The van der Waals surface area contributed by atoms with Crippen LogP contribution in [0, 0.1) is 0 Å². The Morgan fingerprint density at radius 2 is 0.551 bits per heavy atom. The fourth-order valence-corrected chi connectivity index (χ4v) is 6.61.